The van der Waals surface area contributed by atoms with Crippen LogP contribution in [0.5, 0.6) is 0 Å². The Bertz CT molecular complexity index is 769. The SMILES string of the molecule is C[C@H]1OC(C)(C)OCC(C=O)=C[C@H]1n1ccc2c(Cl)ncnc21. The molecule has 0 N–H and O–H groups in total. The number of aromatic nitrogens is 3. The van der Waals surface area contributed by atoms with Crippen molar-refractivity contribution in [3.63, 3.8) is 0 Å². The molecule has 0 saturated heterocycles. The molecule has 1 aliphatic rings. The van der Waals surface area contributed by atoms with E-state index in [9.17, 15) is 4.79 Å². The maximum absolute atomic E-state index is 11.3. The maximum atomic E-state index is 11.3. The van der Waals surface area contributed by atoms with Gasteiger partial charge in [-0.3, -0.25) is 4.79 Å². The first-order valence-corrected chi connectivity index (χ1v) is 7.74. The minimum absolute atomic E-state index is 0.203. The van der Waals surface area contributed by atoms with Gasteiger partial charge in [0.25, 0.3) is 0 Å². The number of halogens is 1. The average Bonchev–Trinajstić information content (AvgIpc) is 2.91. The second-order valence-electron chi connectivity index (χ2n) is 5.99. The van der Waals surface area contributed by atoms with Crippen LogP contribution in [0.25, 0.3) is 11.0 Å². The fourth-order valence-corrected chi connectivity index (χ4v) is 2.96. The van der Waals surface area contributed by atoms with Gasteiger partial charge in [-0.25, -0.2) is 9.97 Å². The van der Waals surface area contributed by atoms with Crippen molar-refractivity contribution in [2.45, 2.75) is 38.7 Å². The molecule has 6 nitrogen and oxygen atoms in total. The van der Waals surface area contributed by atoms with Gasteiger partial charge in [0.1, 0.15) is 23.4 Å². The molecule has 0 saturated carbocycles. The molecule has 0 amide bonds. The van der Waals surface area contributed by atoms with Gasteiger partial charge in [-0.05, 0) is 26.8 Å². The standard InChI is InChI=1S/C16H18ClN3O3/c1-10-13(6-11(7-21)8-22-16(2,3)23-10)20-5-4-12-14(17)18-9-19-15(12)20/h4-7,9-10,13H,8H2,1-3H3/t10-,13-/m1/s1. The molecule has 122 valence electrons. The van der Waals surface area contributed by atoms with Gasteiger partial charge < -0.3 is 14.0 Å². The quantitative estimate of drug-likeness (QED) is 0.623. The summed E-state index contributed by atoms with van der Waals surface area (Å²) in [6, 6.07) is 1.65. The third kappa shape index (κ3) is 3.15. The summed E-state index contributed by atoms with van der Waals surface area (Å²) >= 11 is 6.12. The van der Waals surface area contributed by atoms with Gasteiger partial charge in [0.2, 0.25) is 0 Å². The monoisotopic (exact) mass is 335 g/mol. The Morgan fingerprint density at radius 1 is 1.43 bits per heavy atom. The molecule has 0 fully saturated rings. The molecule has 0 aromatic carbocycles. The third-order valence-electron chi connectivity index (χ3n) is 3.86. The number of ether oxygens (including phenoxy) is 2. The van der Waals surface area contributed by atoms with Crippen LogP contribution in [0, 0.1) is 0 Å². The summed E-state index contributed by atoms with van der Waals surface area (Å²) in [4.78, 5) is 19.6. The average molecular weight is 336 g/mol. The number of carbonyl (C=O) groups is 1. The normalized spacial score (nSPS) is 24.8. The van der Waals surface area contributed by atoms with Gasteiger partial charge in [-0.1, -0.05) is 17.7 Å². The highest BCUT2D eigenvalue weighted by Crippen LogP contribution is 2.30. The summed E-state index contributed by atoms with van der Waals surface area (Å²) in [5.41, 5.74) is 1.27. The number of hydrogen-bond acceptors (Lipinski definition) is 5. The summed E-state index contributed by atoms with van der Waals surface area (Å²) in [7, 11) is 0. The molecule has 0 radical (unpaired) electrons. The predicted octanol–water partition coefficient (Wildman–Crippen LogP) is 2.92. The minimum Gasteiger partial charge on any atom is -0.346 e. The van der Waals surface area contributed by atoms with Crippen LogP contribution in [-0.2, 0) is 14.3 Å². The summed E-state index contributed by atoms with van der Waals surface area (Å²) in [5.74, 6) is -0.782. The first kappa shape index (κ1) is 16.1. The van der Waals surface area contributed by atoms with Crippen LogP contribution >= 0.6 is 11.6 Å². The Morgan fingerprint density at radius 2 is 2.22 bits per heavy atom. The zero-order chi connectivity index (χ0) is 16.6. The molecule has 0 aliphatic carbocycles. The third-order valence-corrected chi connectivity index (χ3v) is 4.16. The Kier molecular flexibility index (Phi) is 4.23. The van der Waals surface area contributed by atoms with Crippen molar-refractivity contribution in [1.82, 2.24) is 14.5 Å². The molecule has 23 heavy (non-hydrogen) atoms. The largest absolute Gasteiger partial charge is 0.346 e. The second kappa shape index (κ2) is 6.03. The van der Waals surface area contributed by atoms with Crippen LogP contribution in [-0.4, -0.2) is 39.3 Å². The fourth-order valence-electron chi connectivity index (χ4n) is 2.77. The van der Waals surface area contributed by atoms with Crippen molar-refractivity contribution < 1.29 is 14.3 Å². The van der Waals surface area contributed by atoms with E-state index in [1.165, 1.54) is 6.33 Å². The zero-order valence-corrected chi connectivity index (χ0v) is 13.9. The van der Waals surface area contributed by atoms with Crippen molar-refractivity contribution in [3.8, 4) is 0 Å². The molecule has 2 aromatic heterocycles. The van der Waals surface area contributed by atoms with E-state index < -0.39 is 5.79 Å². The molecule has 0 unspecified atom stereocenters. The molecule has 3 rings (SSSR count). The van der Waals surface area contributed by atoms with Gasteiger partial charge in [0.05, 0.1) is 24.1 Å². The first-order chi connectivity index (χ1) is 10.9. The molecular formula is C16H18ClN3O3. The lowest BCUT2D eigenvalue weighted by atomic mass is 10.1. The topological polar surface area (TPSA) is 66.2 Å². The van der Waals surface area contributed by atoms with E-state index in [1.54, 1.807) is 0 Å². The summed E-state index contributed by atoms with van der Waals surface area (Å²) in [6.45, 7) is 5.81. The van der Waals surface area contributed by atoms with Crippen LogP contribution < -0.4 is 0 Å². The zero-order valence-electron chi connectivity index (χ0n) is 13.2. The number of carbonyl (C=O) groups excluding carboxylic acids is 1. The molecule has 0 bridgehead atoms. The lowest BCUT2D eigenvalue weighted by Crippen LogP contribution is -2.38. The number of hydrogen-bond donors (Lipinski definition) is 0. The van der Waals surface area contributed by atoms with Crippen molar-refractivity contribution in [1.29, 1.82) is 0 Å². The Labute approximate surface area is 139 Å². The van der Waals surface area contributed by atoms with Gasteiger partial charge in [0, 0.05) is 11.8 Å². The van der Waals surface area contributed by atoms with E-state index in [1.807, 2.05) is 43.7 Å². The number of aldehydes is 1. The van der Waals surface area contributed by atoms with Gasteiger partial charge in [-0.2, -0.15) is 0 Å². The number of rotatable bonds is 2. The van der Waals surface area contributed by atoms with Gasteiger partial charge in [-0.15, -0.1) is 0 Å². The van der Waals surface area contributed by atoms with Crippen molar-refractivity contribution in [2.75, 3.05) is 6.61 Å². The summed E-state index contributed by atoms with van der Waals surface area (Å²) in [6.07, 6.45) is 5.73. The first-order valence-electron chi connectivity index (χ1n) is 7.36. The van der Waals surface area contributed by atoms with Crippen LogP contribution in [0.4, 0.5) is 0 Å². The van der Waals surface area contributed by atoms with E-state index in [-0.39, 0.29) is 18.8 Å². The van der Waals surface area contributed by atoms with E-state index in [0.717, 1.165) is 11.7 Å². The van der Waals surface area contributed by atoms with Crippen LogP contribution in [0.3, 0.4) is 0 Å². The number of nitrogens with zero attached hydrogens (tertiary/aromatic N) is 3. The molecule has 3 heterocycles. The van der Waals surface area contributed by atoms with Gasteiger partial charge in [0.15, 0.2) is 5.79 Å². The van der Waals surface area contributed by atoms with E-state index >= 15 is 0 Å². The Hall–Kier alpha value is -1.76. The highest BCUT2D eigenvalue weighted by Gasteiger charge is 2.31. The Morgan fingerprint density at radius 3 is 2.96 bits per heavy atom. The summed E-state index contributed by atoms with van der Waals surface area (Å²) < 4.78 is 13.6. The van der Waals surface area contributed by atoms with E-state index in [0.29, 0.717) is 16.4 Å². The smallest absolute Gasteiger partial charge is 0.163 e. The van der Waals surface area contributed by atoms with Gasteiger partial charge >= 0.3 is 0 Å². The second-order valence-corrected chi connectivity index (χ2v) is 6.34. The molecule has 1 aliphatic heterocycles. The van der Waals surface area contributed by atoms with Crippen molar-refractivity contribution in [3.05, 3.63) is 35.4 Å². The van der Waals surface area contributed by atoms with Crippen LogP contribution in [0.15, 0.2) is 30.2 Å². The van der Waals surface area contributed by atoms with Crippen LogP contribution in [0.1, 0.15) is 26.8 Å². The minimum atomic E-state index is -0.782. The molecular weight excluding hydrogens is 318 g/mol. The molecule has 0 spiro atoms. The lowest BCUT2D eigenvalue weighted by molar-refractivity contribution is -0.236. The highest BCUT2D eigenvalue weighted by molar-refractivity contribution is 6.33. The van der Waals surface area contributed by atoms with Crippen molar-refractivity contribution >= 4 is 28.9 Å². The van der Waals surface area contributed by atoms with E-state index in [4.69, 9.17) is 21.1 Å². The van der Waals surface area contributed by atoms with Crippen molar-refractivity contribution in [2.24, 2.45) is 0 Å². The molecule has 2 aromatic rings. The summed E-state index contributed by atoms with van der Waals surface area (Å²) in [5, 5.41) is 1.16. The fraction of sp³-hybridized carbons (Fsp3) is 0.438. The number of fused-ring (bicyclic) bond motifs is 1. The van der Waals surface area contributed by atoms with Crippen LogP contribution in [0.2, 0.25) is 5.15 Å². The predicted molar refractivity (Wildman–Crippen MR) is 86.3 cm³/mol. The Balaban J connectivity index is 2.11. The maximum Gasteiger partial charge on any atom is 0.163 e. The lowest BCUT2D eigenvalue weighted by Gasteiger charge is -2.35. The molecule has 7 heteroatoms. The van der Waals surface area contributed by atoms with E-state index in [2.05, 4.69) is 9.97 Å². The molecule has 2 atom stereocenters. The highest BCUT2D eigenvalue weighted by atomic mass is 35.5.